The molecule has 1 rings (SSSR count). The number of hydrogen-bond acceptors (Lipinski definition) is 5. The first kappa shape index (κ1) is 15.8. The minimum absolute atomic E-state index is 0.0125. The summed E-state index contributed by atoms with van der Waals surface area (Å²) in [6.07, 6.45) is 0.535. The predicted molar refractivity (Wildman–Crippen MR) is 71.3 cm³/mol. The van der Waals surface area contributed by atoms with Crippen molar-refractivity contribution in [2.45, 2.75) is 25.3 Å². The monoisotopic (exact) mass is 282 g/mol. The lowest BCUT2D eigenvalue weighted by Crippen LogP contribution is -2.42. The Morgan fingerprint density at radius 2 is 1.95 bits per heavy atom. The van der Waals surface area contributed by atoms with Gasteiger partial charge < -0.3 is 26.4 Å². The van der Waals surface area contributed by atoms with Gasteiger partial charge in [0, 0.05) is 13.0 Å². The molecule has 0 bridgehead atoms. The van der Waals surface area contributed by atoms with Crippen LogP contribution < -0.4 is 11.1 Å². The van der Waals surface area contributed by atoms with E-state index in [1.54, 1.807) is 6.07 Å². The summed E-state index contributed by atoms with van der Waals surface area (Å²) >= 11 is 0. The number of nitrogens with one attached hydrogen (secondary N) is 1. The largest absolute Gasteiger partial charge is 0.504 e. The molecule has 0 aliphatic rings. The van der Waals surface area contributed by atoms with Crippen molar-refractivity contribution in [1.82, 2.24) is 5.32 Å². The highest BCUT2D eigenvalue weighted by atomic mass is 16.4. The zero-order chi connectivity index (χ0) is 15.1. The first-order chi connectivity index (χ1) is 9.40. The standard InChI is InChI=1S/C13H18N2O5/c14-9(13(20)15-5-1-2-12(18)19)6-8-3-4-10(16)11(17)7-8/h3-4,7,9,16-17H,1-2,5-6,14H2,(H,15,20)(H,18,19). The van der Waals surface area contributed by atoms with Crippen molar-refractivity contribution in [2.24, 2.45) is 5.73 Å². The Morgan fingerprint density at radius 3 is 2.55 bits per heavy atom. The van der Waals surface area contributed by atoms with Gasteiger partial charge in [-0.25, -0.2) is 0 Å². The van der Waals surface area contributed by atoms with Gasteiger partial charge in [-0.3, -0.25) is 9.59 Å². The molecule has 7 heteroatoms. The van der Waals surface area contributed by atoms with Crippen LogP contribution >= 0.6 is 0 Å². The first-order valence-electron chi connectivity index (χ1n) is 6.16. The van der Waals surface area contributed by atoms with Crippen LogP contribution in [0.1, 0.15) is 18.4 Å². The normalized spacial score (nSPS) is 11.8. The number of carboxylic acid groups (broad SMARTS) is 1. The van der Waals surface area contributed by atoms with E-state index < -0.39 is 12.0 Å². The van der Waals surface area contributed by atoms with Gasteiger partial charge >= 0.3 is 5.97 Å². The van der Waals surface area contributed by atoms with Crippen LogP contribution in [0.15, 0.2) is 18.2 Å². The van der Waals surface area contributed by atoms with E-state index in [0.717, 1.165) is 0 Å². The molecule has 0 radical (unpaired) electrons. The second kappa shape index (κ2) is 7.34. The Hall–Kier alpha value is -2.28. The number of amides is 1. The average Bonchev–Trinajstić information content (AvgIpc) is 2.38. The van der Waals surface area contributed by atoms with Gasteiger partial charge in [-0.15, -0.1) is 0 Å². The third-order valence-electron chi connectivity index (χ3n) is 2.70. The number of phenols is 2. The van der Waals surface area contributed by atoms with E-state index in [4.69, 9.17) is 15.9 Å². The zero-order valence-corrected chi connectivity index (χ0v) is 10.9. The SMILES string of the molecule is NC(Cc1ccc(O)c(O)c1)C(=O)NCCCC(=O)O. The summed E-state index contributed by atoms with van der Waals surface area (Å²) in [5.41, 5.74) is 6.33. The molecule has 20 heavy (non-hydrogen) atoms. The lowest BCUT2D eigenvalue weighted by atomic mass is 10.1. The zero-order valence-electron chi connectivity index (χ0n) is 10.9. The predicted octanol–water partition coefficient (Wildman–Crippen LogP) is -0.0514. The number of carbonyl (C=O) groups excluding carboxylic acids is 1. The van der Waals surface area contributed by atoms with Crippen molar-refractivity contribution < 1.29 is 24.9 Å². The van der Waals surface area contributed by atoms with Gasteiger partial charge in [-0.05, 0) is 30.5 Å². The minimum atomic E-state index is -0.914. The van der Waals surface area contributed by atoms with Gasteiger partial charge in [0.15, 0.2) is 11.5 Å². The number of aromatic hydroxyl groups is 2. The van der Waals surface area contributed by atoms with Gasteiger partial charge in [-0.1, -0.05) is 6.07 Å². The second-order valence-electron chi connectivity index (χ2n) is 4.42. The Labute approximate surface area is 116 Å². The molecule has 1 amide bonds. The lowest BCUT2D eigenvalue weighted by Gasteiger charge is -2.12. The molecule has 0 aliphatic carbocycles. The lowest BCUT2D eigenvalue weighted by molar-refractivity contribution is -0.137. The molecule has 1 aromatic rings. The summed E-state index contributed by atoms with van der Waals surface area (Å²) in [7, 11) is 0. The molecule has 0 aliphatic heterocycles. The number of nitrogens with two attached hydrogens (primary N) is 1. The summed E-state index contributed by atoms with van der Waals surface area (Å²) in [6.45, 7) is 0.250. The van der Waals surface area contributed by atoms with Crippen LogP contribution in [0.25, 0.3) is 0 Å². The minimum Gasteiger partial charge on any atom is -0.504 e. The molecular formula is C13H18N2O5. The highest BCUT2D eigenvalue weighted by Gasteiger charge is 2.14. The quantitative estimate of drug-likeness (QED) is 0.352. The van der Waals surface area contributed by atoms with Crippen LogP contribution in [-0.2, 0) is 16.0 Å². The number of aliphatic carboxylic acids is 1. The molecule has 0 saturated carbocycles. The highest BCUT2D eigenvalue weighted by molar-refractivity contribution is 5.81. The highest BCUT2D eigenvalue weighted by Crippen LogP contribution is 2.25. The first-order valence-corrected chi connectivity index (χ1v) is 6.16. The fourth-order valence-electron chi connectivity index (χ4n) is 1.62. The molecular weight excluding hydrogens is 264 g/mol. The number of rotatable bonds is 7. The topological polar surface area (TPSA) is 133 Å². The molecule has 0 fully saturated rings. The summed E-state index contributed by atoms with van der Waals surface area (Å²) in [6, 6.07) is 3.42. The number of hydrogen-bond donors (Lipinski definition) is 5. The summed E-state index contributed by atoms with van der Waals surface area (Å²) in [4.78, 5) is 21.9. The van der Waals surface area contributed by atoms with Crippen molar-refractivity contribution in [2.75, 3.05) is 6.54 Å². The Balaban J connectivity index is 2.41. The number of carboxylic acids is 1. The van der Waals surface area contributed by atoms with Gasteiger partial charge in [0.1, 0.15) is 0 Å². The number of benzene rings is 1. The van der Waals surface area contributed by atoms with Crippen LogP contribution in [0.5, 0.6) is 11.5 Å². The van der Waals surface area contributed by atoms with Crippen molar-refractivity contribution in [1.29, 1.82) is 0 Å². The Kier molecular flexibility index (Phi) is 5.79. The summed E-state index contributed by atoms with van der Waals surface area (Å²) < 4.78 is 0. The van der Waals surface area contributed by atoms with Crippen molar-refractivity contribution in [3.05, 3.63) is 23.8 Å². The summed E-state index contributed by atoms with van der Waals surface area (Å²) in [5.74, 6) is -1.80. The third kappa shape index (κ3) is 5.15. The van der Waals surface area contributed by atoms with E-state index in [2.05, 4.69) is 5.32 Å². The molecule has 6 N–H and O–H groups in total. The van der Waals surface area contributed by atoms with Crippen LogP contribution in [0, 0.1) is 0 Å². The van der Waals surface area contributed by atoms with Crippen LogP contribution in [0.4, 0.5) is 0 Å². The van der Waals surface area contributed by atoms with E-state index >= 15 is 0 Å². The molecule has 1 atom stereocenters. The van der Waals surface area contributed by atoms with E-state index in [0.29, 0.717) is 12.0 Å². The van der Waals surface area contributed by atoms with Crippen LogP contribution in [0.2, 0.25) is 0 Å². The maximum Gasteiger partial charge on any atom is 0.303 e. The van der Waals surface area contributed by atoms with Crippen LogP contribution in [-0.4, -0.2) is 39.8 Å². The molecule has 1 unspecified atom stereocenters. The summed E-state index contributed by atoms with van der Waals surface area (Å²) in [5, 5.41) is 29.5. The smallest absolute Gasteiger partial charge is 0.303 e. The van der Waals surface area contributed by atoms with Gasteiger partial charge in [0.05, 0.1) is 6.04 Å². The second-order valence-corrected chi connectivity index (χ2v) is 4.42. The molecule has 0 aromatic heterocycles. The van der Waals surface area contributed by atoms with Gasteiger partial charge in [0.2, 0.25) is 5.91 Å². The Bertz CT molecular complexity index is 490. The third-order valence-corrected chi connectivity index (χ3v) is 2.70. The van der Waals surface area contributed by atoms with Crippen molar-refractivity contribution in [3.8, 4) is 11.5 Å². The average molecular weight is 282 g/mol. The molecule has 0 spiro atoms. The van der Waals surface area contributed by atoms with E-state index in [1.807, 2.05) is 0 Å². The van der Waals surface area contributed by atoms with E-state index in [-0.39, 0.29) is 36.8 Å². The molecule has 7 nitrogen and oxygen atoms in total. The van der Waals surface area contributed by atoms with Crippen molar-refractivity contribution in [3.63, 3.8) is 0 Å². The van der Waals surface area contributed by atoms with E-state index in [1.165, 1.54) is 12.1 Å². The number of phenolic OH excluding ortho intramolecular Hbond substituents is 2. The Morgan fingerprint density at radius 1 is 1.25 bits per heavy atom. The van der Waals surface area contributed by atoms with Crippen molar-refractivity contribution >= 4 is 11.9 Å². The van der Waals surface area contributed by atoms with Gasteiger partial charge in [-0.2, -0.15) is 0 Å². The number of carbonyl (C=O) groups is 2. The fraction of sp³-hybridized carbons (Fsp3) is 0.385. The van der Waals surface area contributed by atoms with Gasteiger partial charge in [0.25, 0.3) is 0 Å². The molecule has 0 saturated heterocycles. The molecule has 110 valence electrons. The van der Waals surface area contributed by atoms with Crippen LogP contribution in [0.3, 0.4) is 0 Å². The maximum absolute atomic E-state index is 11.6. The molecule has 0 heterocycles. The van der Waals surface area contributed by atoms with E-state index in [9.17, 15) is 14.7 Å². The fourth-order valence-corrected chi connectivity index (χ4v) is 1.62. The maximum atomic E-state index is 11.6. The molecule has 1 aromatic carbocycles.